The molecule has 0 spiro atoms. The lowest BCUT2D eigenvalue weighted by atomic mass is 10.0. The van der Waals surface area contributed by atoms with Crippen molar-refractivity contribution in [2.45, 2.75) is 38.8 Å². The summed E-state index contributed by atoms with van der Waals surface area (Å²) in [4.78, 5) is 16.5. The molecule has 1 saturated heterocycles. The lowest BCUT2D eigenvalue weighted by Gasteiger charge is -2.36. The highest BCUT2D eigenvalue weighted by Crippen LogP contribution is 2.20. The van der Waals surface area contributed by atoms with Crippen molar-refractivity contribution in [1.82, 2.24) is 9.80 Å². The SMILES string of the molecule is CCCN1CCC(N(C)C(=O)Nc2ccc(OC(F)F)cc2)CC1. The molecule has 1 aliphatic heterocycles. The average molecular weight is 341 g/mol. The van der Waals surface area contributed by atoms with Gasteiger partial charge in [0.05, 0.1) is 0 Å². The molecule has 24 heavy (non-hydrogen) atoms. The van der Waals surface area contributed by atoms with Gasteiger partial charge in [0.1, 0.15) is 5.75 Å². The van der Waals surface area contributed by atoms with E-state index in [-0.39, 0.29) is 17.8 Å². The summed E-state index contributed by atoms with van der Waals surface area (Å²) in [5.74, 6) is 0.0691. The summed E-state index contributed by atoms with van der Waals surface area (Å²) in [7, 11) is 1.80. The first kappa shape index (κ1) is 18.4. The fraction of sp³-hybridized carbons (Fsp3) is 0.588. The molecule has 0 unspecified atom stereocenters. The molecule has 1 aliphatic rings. The predicted molar refractivity (Wildman–Crippen MR) is 89.6 cm³/mol. The zero-order valence-corrected chi connectivity index (χ0v) is 14.2. The zero-order valence-electron chi connectivity index (χ0n) is 14.2. The third-order valence-electron chi connectivity index (χ3n) is 4.30. The number of rotatable bonds is 6. The number of alkyl halides is 2. The first-order valence-corrected chi connectivity index (χ1v) is 8.30. The standard InChI is InChI=1S/C17H25F2N3O2/c1-3-10-22-11-8-14(9-12-22)21(2)17(23)20-13-4-6-15(7-5-13)24-16(18)19/h4-7,14,16H,3,8-12H2,1-2H3,(H,20,23). The highest BCUT2D eigenvalue weighted by molar-refractivity contribution is 5.89. The maximum absolute atomic E-state index is 12.3. The molecule has 134 valence electrons. The van der Waals surface area contributed by atoms with Crippen molar-refractivity contribution in [1.29, 1.82) is 0 Å². The van der Waals surface area contributed by atoms with Crippen molar-refractivity contribution in [2.75, 3.05) is 32.0 Å². The number of carbonyl (C=O) groups excluding carboxylic acids is 1. The highest BCUT2D eigenvalue weighted by atomic mass is 19.3. The summed E-state index contributed by atoms with van der Waals surface area (Å²) in [6.45, 7) is 2.44. The Morgan fingerprint density at radius 3 is 2.50 bits per heavy atom. The van der Waals surface area contributed by atoms with Crippen molar-refractivity contribution >= 4 is 11.7 Å². The quantitative estimate of drug-likeness (QED) is 0.859. The van der Waals surface area contributed by atoms with Gasteiger partial charge < -0.3 is 19.9 Å². The second kappa shape index (κ2) is 8.82. The molecule has 1 N–H and O–H groups in total. The molecule has 0 bridgehead atoms. The number of nitrogens with one attached hydrogen (secondary N) is 1. The minimum atomic E-state index is -2.85. The topological polar surface area (TPSA) is 44.8 Å². The third-order valence-corrected chi connectivity index (χ3v) is 4.30. The van der Waals surface area contributed by atoms with Crippen LogP contribution in [0, 0.1) is 0 Å². The fourth-order valence-electron chi connectivity index (χ4n) is 2.94. The molecule has 0 atom stereocenters. The molecule has 5 nitrogen and oxygen atoms in total. The Morgan fingerprint density at radius 1 is 1.33 bits per heavy atom. The van der Waals surface area contributed by atoms with E-state index < -0.39 is 6.61 Å². The minimum absolute atomic E-state index is 0.0691. The molecule has 2 rings (SSSR count). The summed E-state index contributed by atoms with van der Waals surface area (Å²) in [5, 5.41) is 2.79. The van der Waals surface area contributed by atoms with Crippen molar-refractivity contribution in [3.05, 3.63) is 24.3 Å². The van der Waals surface area contributed by atoms with Crippen LogP contribution in [-0.2, 0) is 0 Å². The van der Waals surface area contributed by atoms with Crippen LogP contribution in [0.15, 0.2) is 24.3 Å². The second-order valence-electron chi connectivity index (χ2n) is 6.02. The predicted octanol–water partition coefficient (Wildman–Crippen LogP) is 3.63. The van der Waals surface area contributed by atoms with Gasteiger partial charge in [0.15, 0.2) is 0 Å². The monoisotopic (exact) mass is 341 g/mol. The van der Waals surface area contributed by atoms with E-state index in [4.69, 9.17) is 0 Å². The number of likely N-dealkylation sites (tertiary alicyclic amines) is 1. The smallest absolute Gasteiger partial charge is 0.387 e. The van der Waals surface area contributed by atoms with Gasteiger partial charge in [-0.2, -0.15) is 8.78 Å². The highest BCUT2D eigenvalue weighted by Gasteiger charge is 2.25. The minimum Gasteiger partial charge on any atom is -0.435 e. The van der Waals surface area contributed by atoms with Crippen molar-refractivity contribution in [3.8, 4) is 5.75 Å². The Balaban J connectivity index is 1.83. The number of carbonyl (C=O) groups is 1. The zero-order chi connectivity index (χ0) is 17.5. The molecule has 0 aliphatic carbocycles. The van der Waals surface area contributed by atoms with Gasteiger partial charge in [0, 0.05) is 31.9 Å². The first-order valence-electron chi connectivity index (χ1n) is 8.30. The van der Waals surface area contributed by atoms with E-state index >= 15 is 0 Å². The van der Waals surface area contributed by atoms with E-state index in [1.165, 1.54) is 12.1 Å². The molecule has 1 fully saturated rings. The van der Waals surface area contributed by atoms with Crippen LogP contribution in [-0.4, -0.2) is 55.2 Å². The van der Waals surface area contributed by atoms with Gasteiger partial charge in [0.25, 0.3) is 0 Å². The molecule has 1 aromatic carbocycles. The lowest BCUT2D eigenvalue weighted by Crippen LogP contribution is -2.47. The summed E-state index contributed by atoms with van der Waals surface area (Å²) in [6, 6.07) is 5.95. The van der Waals surface area contributed by atoms with Crippen LogP contribution >= 0.6 is 0 Å². The average Bonchev–Trinajstić information content (AvgIpc) is 2.56. The molecule has 2 amide bonds. The molecule has 1 aromatic rings. The summed E-state index contributed by atoms with van der Waals surface area (Å²) < 4.78 is 28.5. The molecule has 0 radical (unpaired) electrons. The number of benzene rings is 1. The van der Waals surface area contributed by atoms with E-state index in [0.717, 1.165) is 38.9 Å². The van der Waals surface area contributed by atoms with Crippen LogP contribution < -0.4 is 10.1 Å². The number of amides is 2. The number of hydrogen-bond acceptors (Lipinski definition) is 3. The first-order chi connectivity index (χ1) is 11.5. The van der Waals surface area contributed by atoms with Gasteiger partial charge in [0.2, 0.25) is 0 Å². The van der Waals surface area contributed by atoms with E-state index in [2.05, 4.69) is 21.9 Å². The lowest BCUT2D eigenvalue weighted by molar-refractivity contribution is -0.0498. The van der Waals surface area contributed by atoms with E-state index in [9.17, 15) is 13.6 Å². The van der Waals surface area contributed by atoms with E-state index in [0.29, 0.717) is 5.69 Å². The number of halogens is 2. The Morgan fingerprint density at radius 2 is 1.96 bits per heavy atom. The van der Waals surface area contributed by atoms with Crippen LogP contribution in [0.5, 0.6) is 5.75 Å². The Bertz CT molecular complexity index is 517. The maximum Gasteiger partial charge on any atom is 0.387 e. The van der Waals surface area contributed by atoms with Gasteiger partial charge in [-0.1, -0.05) is 6.92 Å². The third kappa shape index (κ3) is 5.33. The Labute approximate surface area is 141 Å². The number of hydrogen-bond donors (Lipinski definition) is 1. The van der Waals surface area contributed by atoms with Gasteiger partial charge in [-0.15, -0.1) is 0 Å². The summed E-state index contributed by atoms with van der Waals surface area (Å²) in [5.41, 5.74) is 0.553. The number of urea groups is 1. The largest absolute Gasteiger partial charge is 0.435 e. The molecule has 1 heterocycles. The molecule has 7 heteroatoms. The van der Waals surface area contributed by atoms with Crippen LogP contribution in [0.1, 0.15) is 26.2 Å². The Hall–Kier alpha value is -1.89. The number of anilines is 1. The summed E-state index contributed by atoms with van der Waals surface area (Å²) in [6.07, 6.45) is 3.07. The van der Waals surface area contributed by atoms with Crippen molar-refractivity contribution in [2.24, 2.45) is 0 Å². The molecular formula is C17H25F2N3O2. The van der Waals surface area contributed by atoms with Crippen molar-refractivity contribution in [3.63, 3.8) is 0 Å². The van der Waals surface area contributed by atoms with Gasteiger partial charge in [-0.05, 0) is 50.1 Å². The van der Waals surface area contributed by atoms with Gasteiger partial charge in [-0.3, -0.25) is 0 Å². The molecular weight excluding hydrogens is 316 g/mol. The van der Waals surface area contributed by atoms with Crippen LogP contribution in [0.25, 0.3) is 0 Å². The fourth-order valence-corrected chi connectivity index (χ4v) is 2.94. The Kier molecular flexibility index (Phi) is 6.78. The van der Waals surface area contributed by atoms with E-state index in [1.807, 2.05) is 0 Å². The van der Waals surface area contributed by atoms with Crippen molar-refractivity contribution < 1.29 is 18.3 Å². The summed E-state index contributed by atoms with van der Waals surface area (Å²) >= 11 is 0. The van der Waals surface area contributed by atoms with Gasteiger partial charge >= 0.3 is 12.6 Å². The number of ether oxygens (including phenoxy) is 1. The molecule has 0 saturated carbocycles. The van der Waals surface area contributed by atoms with E-state index in [1.54, 1.807) is 24.1 Å². The number of piperidine rings is 1. The number of nitrogens with zero attached hydrogens (tertiary/aromatic N) is 2. The van der Waals surface area contributed by atoms with Crippen LogP contribution in [0.2, 0.25) is 0 Å². The molecule has 0 aromatic heterocycles. The van der Waals surface area contributed by atoms with Crippen LogP contribution in [0.4, 0.5) is 19.3 Å². The normalized spacial score (nSPS) is 16.2. The second-order valence-corrected chi connectivity index (χ2v) is 6.02. The van der Waals surface area contributed by atoms with Gasteiger partial charge in [-0.25, -0.2) is 4.79 Å². The van der Waals surface area contributed by atoms with Crippen LogP contribution in [0.3, 0.4) is 0 Å². The maximum atomic E-state index is 12.3.